The third-order valence-corrected chi connectivity index (χ3v) is 10.5. The maximum Gasteiger partial charge on any atom is 0.272 e. The zero-order valence-electron chi connectivity index (χ0n) is 31.8. The molecule has 2 aromatic heterocycles. The number of pyridine rings is 2. The fraction of sp³-hybridized carbons (Fsp3) is 0.244. The van der Waals surface area contributed by atoms with Crippen LogP contribution in [0.4, 0.5) is 11.4 Å². The summed E-state index contributed by atoms with van der Waals surface area (Å²) < 4.78 is 0. The van der Waals surface area contributed by atoms with Gasteiger partial charge in [-0.05, 0) is 104 Å². The Morgan fingerprint density at radius 2 is 1.14 bits per heavy atom. The Morgan fingerprint density at radius 3 is 1.65 bits per heavy atom. The van der Waals surface area contributed by atoms with Crippen molar-refractivity contribution in [3.8, 4) is 0 Å². The smallest absolute Gasteiger partial charge is 0.272 e. The Balaban J connectivity index is 0.000000174. The van der Waals surface area contributed by atoms with E-state index < -0.39 is 0 Å². The van der Waals surface area contributed by atoms with Crippen molar-refractivity contribution in [2.45, 2.75) is 37.8 Å². The normalized spacial score (nSPS) is 16.4. The van der Waals surface area contributed by atoms with E-state index in [1.807, 2.05) is 72.8 Å². The number of hydrogen-bond acceptors (Lipinski definition) is 8. The first-order valence-electron chi connectivity index (χ1n) is 19.3. The molecule has 2 fully saturated rings. The van der Waals surface area contributed by atoms with Crippen molar-refractivity contribution < 1.29 is 19.2 Å². The van der Waals surface area contributed by atoms with E-state index in [0.29, 0.717) is 47.7 Å². The number of benzene rings is 4. The van der Waals surface area contributed by atoms with Crippen LogP contribution in [0.1, 0.15) is 67.4 Å². The summed E-state index contributed by atoms with van der Waals surface area (Å²) in [5.41, 5.74) is 2.37. The van der Waals surface area contributed by atoms with Crippen LogP contribution in [0, 0.1) is 0 Å². The Morgan fingerprint density at radius 1 is 0.614 bits per heavy atom. The molecule has 2 aliphatic rings. The minimum Gasteiger partial charge on any atom is -0.349 e. The van der Waals surface area contributed by atoms with Crippen LogP contribution in [0.25, 0.3) is 21.5 Å². The monoisotopic (exact) mass is 762 g/mol. The van der Waals surface area contributed by atoms with Gasteiger partial charge in [-0.25, -0.2) is 9.97 Å². The van der Waals surface area contributed by atoms with E-state index >= 15 is 0 Å². The van der Waals surface area contributed by atoms with Gasteiger partial charge in [0.05, 0.1) is 11.4 Å². The summed E-state index contributed by atoms with van der Waals surface area (Å²) >= 11 is 0. The highest BCUT2D eigenvalue weighted by molar-refractivity contribution is 6.15. The minimum absolute atomic E-state index is 0.217. The van der Waals surface area contributed by atoms with Crippen LogP contribution >= 0.6 is 0 Å². The van der Waals surface area contributed by atoms with Crippen LogP contribution in [0.5, 0.6) is 0 Å². The van der Waals surface area contributed by atoms with Gasteiger partial charge in [-0.3, -0.25) is 19.2 Å². The third-order valence-electron chi connectivity index (χ3n) is 10.5. The molecule has 5 N–H and O–H groups in total. The molecule has 0 aliphatic carbocycles. The Labute approximate surface area is 331 Å². The number of fused-ring (bicyclic) bond motifs is 2. The number of carbonyl (C=O) groups excluding carboxylic acids is 4. The summed E-state index contributed by atoms with van der Waals surface area (Å²) in [6.45, 7) is 3.15. The lowest BCUT2D eigenvalue weighted by Gasteiger charge is -2.20. The molecule has 290 valence electrons. The van der Waals surface area contributed by atoms with E-state index in [1.54, 1.807) is 48.8 Å². The predicted octanol–water partition coefficient (Wildman–Crippen LogP) is 6.28. The lowest BCUT2D eigenvalue weighted by molar-refractivity contribution is 0.0933. The summed E-state index contributed by atoms with van der Waals surface area (Å²) in [5, 5.41) is 18.6. The van der Waals surface area contributed by atoms with Crippen molar-refractivity contribution in [3.05, 3.63) is 144 Å². The van der Waals surface area contributed by atoms with E-state index in [9.17, 15) is 19.2 Å². The molecule has 0 saturated carbocycles. The molecule has 57 heavy (non-hydrogen) atoms. The molecule has 2 unspecified atom stereocenters. The lowest BCUT2D eigenvalue weighted by Crippen LogP contribution is -2.38. The molecular formula is C45H46N8O4. The van der Waals surface area contributed by atoms with Crippen molar-refractivity contribution in [2.24, 2.45) is 0 Å². The van der Waals surface area contributed by atoms with Gasteiger partial charge in [-0.2, -0.15) is 0 Å². The third kappa shape index (κ3) is 9.49. The molecule has 2 atom stereocenters. The van der Waals surface area contributed by atoms with Crippen molar-refractivity contribution >= 4 is 56.5 Å². The second-order valence-corrected chi connectivity index (χ2v) is 14.3. The molecular weight excluding hydrogens is 717 g/mol. The summed E-state index contributed by atoms with van der Waals surface area (Å²) in [6, 6.07) is 34.1. The number of aromatic nitrogens is 2. The average Bonchev–Trinajstić information content (AvgIpc) is 3.93. The van der Waals surface area contributed by atoms with Crippen LogP contribution < -0.4 is 26.6 Å². The summed E-state index contributed by atoms with van der Waals surface area (Å²) in [4.78, 5) is 61.8. The van der Waals surface area contributed by atoms with E-state index in [2.05, 4.69) is 48.5 Å². The standard InChI is InChI=1S/C23H24N4O2.C22H22N4O2/c1-27-14-6-9-17(27)15-25-23(29)21-20(12-5-13-24-21)26-22(28)19-11-4-8-16-7-2-3-10-18(16)19;27-21(18-10-3-7-15-6-1-2-9-17(15)18)26-19-11-5-13-24-20(19)22(28)25-14-16-8-4-12-23-16/h2-5,7-8,10-13,17H,6,9,14-15H2,1H3,(H,25,29)(H,26,28);1-3,5-7,9-11,13,16,23H,4,8,12,14H2,(H,25,28)(H,26,27). The molecule has 8 rings (SSSR count). The van der Waals surface area contributed by atoms with Gasteiger partial charge in [0.2, 0.25) is 0 Å². The second kappa shape index (κ2) is 18.4. The van der Waals surface area contributed by atoms with Crippen LogP contribution in [-0.2, 0) is 0 Å². The zero-order valence-corrected chi connectivity index (χ0v) is 31.8. The zero-order chi connectivity index (χ0) is 39.6. The van der Waals surface area contributed by atoms with Crippen LogP contribution in [-0.4, -0.2) is 83.8 Å². The number of rotatable bonds is 10. The van der Waals surface area contributed by atoms with Gasteiger partial charge in [0.25, 0.3) is 23.6 Å². The maximum atomic E-state index is 12.9. The quantitative estimate of drug-likeness (QED) is 0.109. The number of likely N-dealkylation sites (tertiary alicyclic amines) is 1. The SMILES string of the molecule is CN1CCCC1CNC(=O)c1ncccc1NC(=O)c1cccc2ccccc12.O=C(NCC1CCCN1)c1ncccc1NC(=O)c1cccc2ccccc12. The van der Waals surface area contributed by atoms with E-state index in [4.69, 9.17) is 0 Å². The summed E-state index contributed by atoms with van der Waals surface area (Å²) in [5.74, 6) is -1.10. The molecule has 0 radical (unpaired) electrons. The lowest BCUT2D eigenvalue weighted by atomic mass is 10.0. The summed E-state index contributed by atoms with van der Waals surface area (Å²) in [6.07, 6.45) is 7.50. The highest BCUT2D eigenvalue weighted by atomic mass is 16.2. The van der Waals surface area contributed by atoms with Crippen LogP contribution in [0.2, 0.25) is 0 Å². The molecule has 4 heterocycles. The number of hydrogen-bond donors (Lipinski definition) is 5. The molecule has 0 bridgehead atoms. The first kappa shape index (κ1) is 38.8. The number of nitrogens with zero attached hydrogens (tertiary/aromatic N) is 3. The maximum absolute atomic E-state index is 12.9. The average molecular weight is 763 g/mol. The van der Waals surface area contributed by atoms with Gasteiger partial charge in [0.1, 0.15) is 0 Å². The highest BCUT2D eigenvalue weighted by Gasteiger charge is 2.23. The van der Waals surface area contributed by atoms with Crippen LogP contribution in [0.3, 0.4) is 0 Å². The largest absolute Gasteiger partial charge is 0.349 e. The first-order chi connectivity index (χ1) is 27.9. The van der Waals surface area contributed by atoms with Crippen LogP contribution in [0.15, 0.2) is 122 Å². The second-order valence-electron chi connectivity index (χ2n) is 14.3. The fourth-order valence-electron chi connectivity index (χ4n) is 7.36. The van der Waals surface area contributed by atoms with Crippen molar-refractivity contribution in [2.75, 3.05) is 43.9 Å². The number of anilines is 2. The van der Waals surface area contributed by atoms with Crippen molar-refractivity contribution in [1.82, 2.24) is 30.8 Å². The van der Waals surface area contributed by atoms with Gasteiger partial charge < -0.3 is 31.5 Å². The van der Waals surface area contributed by atoms with E-state index in [-0.39, 0.29) is 35.0 Å². The number of likely N-dealkylation sites (N-methyl/N-ethyl adjacent to an activating group) is 1. The van der Waals surface area contributed by atoms with Gasteiger partial charge in [0, 0.05) is 48.7 Å². The number of nitrogens with one attached hydrogen (secondary N) is 5. The molecule has 0 spiro atoms. The molecule has 2 aliphatic heterocycles. The van der Waals surface area contributed by atoms with Gasteiger partial charge in [-0.1, -0.05) is 72.8 Å². The van der Waals surface area contributed by atoms with Gasteiger partial charge in [-0.15, -0.1) is 0 Å². The first-order valence-corrected chi connectivity index (χ1v) is 19.3. The molecule has 12 nitrogen and oxygen atoms in total. The van der Waals surface area contributed by atoms with E-state index in [1.165, 1.54) is 0 Å². The molecule has 12 heteroatoms. The Bertz CT molecular complexity index is 2380. The number of carbonyl (C=O) groups is 4. The fourth-order valence-corrected chi connectivity index (χ4v) is 7.36. The molecule has 6 aromatic rings. The highest BCUT2D eigenvalue weighted by Crippen LogP contribution is 2.23. The molecule has 4 aromatic carbocycles. The Kier molecular flexibility index (Phi) is 12.5. The Hall–Kier alpha value is -6.50. The van der Waals surface area contributed by atoms with Crippen molar-refractivity contribution in [3.63, 3.8) is 0 Å². The summed E-state index contributed by atoms with van der Waals surface area (Å²) in [7, 11) is 2.07. The predicted molar refractivity (Wildman–Crippen MR) is 224 cm³/mol. The minimum atomic E-state index is -0.289. The van der Waals surface area contributed by atoms with E-state index in [0.717, 1.165) is 60.3 Å². The van der Waals surface area contributed by atoms with Gasteiger partial charge in [0.15, 0.2) is 11.4 Å². The van der Waals surface area contributed by atoms with Gasteiger partial charge >= 0.3 is 0 Å². The molecule has 4 amide bonds. The molecule has 2 saturated heterocycles. The topological polar surface area (TPSA) is 157 Å². The number of amides is 4. The van der Waals surface area contributed by atoms with Crippen molar-refractivity contribution in [1.29, 1.82) is 0 Å².